The second kappa shape index (κ2) is 7.36. The van der Waals surface area contributed by atoms with Crippen LogP contribution in [0.2, 0.25) is 0 Å². The third-order valence-electron chi connectivity index (χ3n) is 2.59. The first kappa shape index (κ1) is 13.1. The van der Waals surface area contributed by atoms with Crippen LogP contribution in [0.4, 0.5) is 4.39 Å². The van der Waals surface area contributed by atoms with E-state index < -0.39 is 0 Å². The van der Waals surface area contributed by atoms with Gasteiger partial charge in [0.25, 0.3) is 0 Å². The van der Waals surface area contributed by atoms with Gasteiger partial charge in [-0.2, -0.15) is 0 Å². The molecule has 1 rings (SSSR count). The molecule has 0 aromatic heterocycles. The van der Waals surface area contributed by atoms with Gasteiger partial charge >= 0.3 is 0 Å². The van der Waals surface area contributed by atoms with E-state index in [4.69, 9.17) is 4.74 Å². The molecular formula is C13H20FNO. The molecule has 0 saturated heterocycles. The second-order valence-electron chi connectivity index (χ2n) is 3.81. The van der Waals surface area contributed by atoms with Gasteiger partial charge < -0.3 is 10.1 Å². The van der Waals surface area contributed by atoms with Crippen LogP contribution in [0, 0.1) is 5.82 Å². The van der Waals surface area contributed by atoms with Crippen LogP contribution in [0.3, 0.4) is 0 Å². The van der Waals surface area contributed by atoms with Crippen molar-refractivity contribution < 1.29 is 9.13 Å². The lowest BCUT2D eigenvalue weighted by molar-refractivity contribution is 0.137. The molecule has 1 atom stereocenters. The highest BCUT2D eigenvalue weighted by molar-refractivity contribution is 5.17. The zero-order valence-electron chi connectivity index (χ0n) is 10.0. The van der Waals surface area contributed by atoms with Gasteiger partial charge in [0, 0.05) is 19.3 Å². The minimum Gasteiger partial charge on any atom is -0.382 e. The van der Waals surface area contributed by atoms with Crippen LogP contribution in [0.5, 0.6) is 0 Å². The van der Waals surface area contributed by atoms with E-state index in [1.54, 1.807) is 12.1 Å². The van der Waals surface area contributed by atoms with Crippen molar-refractivity contribution in [2.75, 3.05) is 20.3 Å². The Kier molecular flexibility index (Phi) is 6.04. The summed E-state index contributed by atoms with van der Waals surface area (Å²) >= 11 is 0. The fourth-order valence-corrected chi connectivity index (χ4v) is 1.67. The van der Waals surface area contributed by atoms with Gasteiger partial charge in [-0.1, -0.05) is 12.1 Å². The second-order valence-corrected chi connectivity index (χ2v) is 3.81. The van der Waals surface area contributed by atoms with Crippen LogP contribution < -0.4 is 5.32 Å². The summed E-state index contributed by atoms with van der Waals surface area (Å²) in [5.74, 6) is -0.169. The zero-order valence-corrected chi connectivity index (χ0v) is 10.0. The number of halogens is 1. The van der Waals surface area contributed by atoms with Crippen LogP contribution in [-0.4, -0.2) is 26.3 Å². The maximum atomic E-state index is 13.0. The molecule has 1 aromatic rings. The number of benzene rings is 1. The van der Waals surface area contributed by atoms with Crippen molar-refractivity contribution in [1.29, 1.82) is 0 Å². The summed E-state index contributed by atoms with van der Waals surface area (Å²) in [6.45, 7) is 3.48. The van der Waals surface area contributed by atoms with E-state index in [0.29, 0.717) is 6.04 Å². The normalized spacial score (nSPS) is 12.7. The molecule has 0 radical (unpaired) electrons. The molecule has 2 nitrogen and oxygen atoms in total. The van der Waals surface area contributed by atoms with E-state index in [9.17, 15) is 4.39 Å². The van der Waals surface area contributed by atoms with E-state index in [0.717, 1.165) is 31.6 Å². The molecule has 0 aliphatic carbocycles. The average Bonchev–Trinajstić information content (AvgIpc) is 2.28. The number of rotatable bonds is 7. The van der Waals surface area contributed by atoms with Gasteiger partial charge in [0.2, 0.25) is 0 Å². The molecule has 1 N–H and O–H groups in total. The molecule has 0 heterocycles. The average molecular weight is 225 g/mol. The SMILES string of the molecule is CCOCCC(Cc1cccc(F)c1)NC. The Morgan fingerprint density at radius 1 is 1.44 bits per heavy atom. The molecule has 0 spiro atoms. The van der Waals surface area contributed by atoms with E-state index >= 15 is 0 Å². The first-order valence-corrected chi connectivity index (χ1v) is 5.75. The summed E-state index contributed by atoms with van der Waals surface area (Å²) in [6.07, 6.45) is 1.78. The topological polar surface area (TPSA) is 21.3 Å². The predicted octanol–water partition coefficient (Wildman–Crippen LogP) is 2.38. The molecular weight excluding hydrogens is 205 g/mol. The van der Waals surface area contributed by atoms with Gasteiger partial charge in [-0.05, 0) is 44.5 Å². The Bertz CT molecular complexity index is 304. The molecule has 0 bridgehead atoms. The molecule has 1 unspecified atom stereocenters. The third kappa shape index (κ3) is 4.73. The summed E-state index contributed by atoms with van der Waals surface area (Å²) in [7, 11) is 1.93. The first-order valence-electron chi connectivity index (χ1n) is 5.75. The predicted molar refractivity (Wildman–Crippen MR) is 64.1 cm³/mol. The number of hydrogen-bond donors (Lipinski definition) is 1. The smallest absolute Gasteiger partial charge is 0.123 e. The number of nitrogens with one attached hydrogen (secondary N) is 1. The number of hydrogen-bond acceptors (Lipinski definition) is 2. The quantitative estimate of drug-likeness (QED) is 0.719. The fraction of sp³-hybridized carbons (Fsp3) is 0.538. The van der Waals surface area contributed by atoms with E-state index in [-0.39, 0.29) is 5.82 Å². The maximum absolute atomic E-state index is 13.0. The highest BCUT2D eigenvalue weighted by Crippen LogP contribution is 2.08. The van der Waals surface area contributed by atoms with E-state index in [1.807, 2.05) is 20.0 Å². The van der Waals surface area contributed by atoms with E-state index in [1.165, 1.54) is 6.07 Å². The van der Waals surface area contributed by atoms with Crippen LogP contribution in [0.15, 0.2) is 24.3 Å². The summed E-state index contributed by atoms with van der Waals surface area (Å²) in [4.78, 5) is 0. The van der Waals surface area contributed by atoms with Crippen LogP contribution >= 0.6 is 0 Å². The summed E-state index contributed by atoms with van der Waals surface area (Å²) < 4.78 is 18.3. The van der Waals surface area contributed by atoms with Crippen molar-refractivity contribution in [3.63, 3.8) is 0 Å². The fourth-order valence-electron chi connectivity index (χ4n) is 1.67. The van der Waals surface area contributed by atoms with Crippen molar-refractivity contribution in [3.05, 3.63) is 35.6 Å². The highest BCUT2D eigenvalue weighted by atomic mass is 19.1. The zero-order chi connectivity index (χ0) is 11.8. The minimum atomic E-state index is -0.169. The Balaban J connectivity index is 2.43. The molecule has 0 aliphatic heterocycles. The molecule has 0 saturated carbocycles. The Labute approximate surface area is 96.8 Å². The summed E-state index contributed by atoms with van der Waals surface area (Å²) in [5, 5.41) is 3.23. The van der Waals surface area contributed by atoms with Crippen molar-refractivity contribution in [2.24, 2.45) is 0 Å². The van der Waals surface area contributed by atoms with Gasteiger partial charge in [-0.25, -0.2) is 4.39 Å². The van der Waals surface area contributed by atoms with Gasteiger partial charge in [0.1, 0.15) is 5.82 Å². The van der Waals surface area contributed by atoms with Crippen LogP contribution in [0.1, 0.15) is 18.9 Å². The molecule has 0 amide bonds. The largest absolute Gasteiger partial charge is 0.382 e. The van der Waals surface area contributed by atoms with Crippen molar-refractivity contribution in [2.45, 2.75) is 25.8 Å². The first-order chi connectivity index (χ1) is 7.76. The monoisotopic (exact) mass is 225 g/mol. The highest BCUT2D eigenvalue weighted by Gasteiger charge is 2.07. The van der Waals surface area contributed by atoms with Crippen molar-refractivity contribution in [3.8, 4) is 0 Å². The molecule has 16 heavy (non-hydrogen) atoms. The summed E-state index contributed by atoms with van der Waals surface area (Å²) in [6, 6.07) is 7.10. The number of ether oxygens (including phenoxy) is 1. The van der Waals surface area contributed by atoms with Crippen molar-refractivity contribution in [1.82, 2.24) is 5.32 Å². The van der Waals surface area contributed by atoms with E-state index in [2.05, 4.69) is 5.32 Å². The molecule has 1 aromatic carbocycles. The lowest BCUT2D eigenvalue weighted by Crippen LogP contribution is -2.29. The standard InChI is InChI=1S/C13H20FNO/c1-3-16-8-7-13(15-2)10-11-5-4-6-12(14)9-11/h4-6,9,13,15H,3,7-8,10H2,1-2H3. The minimum absolute atomic E-state index is 0.169. The third-order valence-corrected chi connectivity index (χ3v) is 2.59. The maximum Gasteiger partial charge on any atom is 0.123 e. The van der Waals surface area contributed by atoms with Crippen molar-refractivity contribution >= 4 is 0 Å². The lowest BCUT2D eigenvalue weighted by atomic mass is 10.0. The molecule has 3 heteroatoms. The van der Waals surface area contributed by atoms with Crippen LogP contribution in [0.25, 0.3) is 0 Å². The van der Waals surface area contributed by atoms with Crippen LogP contribution in [-0.2, 0) is 11.2 Å². The van der Waals surface area contributed by atoms with Gasteiger partial charge in [-0.15, -0.1) is 0 Å². The molecule has 0 fully saturated rings. The van der Waals surface area contributed by atoms with Gasteiger partial charge in [-0.3, -0.25) is 0 Å². The number of likely N-dealkylation sites (N-methyl/N-ethyl adjacent to an activating group) is 1. The Morgan fingerprint density at radius 2 is 2.25 bits per heavy atom. The Hall–Kier alpha value is -0.930. The molecule has 0 aliphatic rings. The lowest BCUT2D eigenvalue weighted by Gasteiger charge is -2.16. The summed E-state index contributed by atoms with van der Waals surface area (Å²) in [5.41, 5.74) is 1.02. The van der Waals surface area contributed by atoms with Gasteiger partial charge in [0.05, 0.1) is 0 Å². The van der Waals surface area contributed by atoms with Gasteiger partial charge in [0.15, 0.2) is 0 Å². The molecule has 90 valence electrons. The Morgan fingerprint density at radius 3 is 2.88 bits per heavy atom.